The molecule has 0 spiro atoms. The first-order valence-corrected chi connectivity index (χ1v) is 16.8. The van der Waals surface area contributed by atoms with Crippen LogP contribution in [-0.4, -0.2) is 51.0 Å². The molecular formula is C31H41ClN2O3Si. The molecule has 2 aromatic carbocycles. The van der Waals surface area contributed by atoms with Gasteiger partial charge in [0.05, 0.1) is 7.11 Å². The first kappa shape index (κ1) is 28.6. The molecule has 38 heavy (non-hydrogen) atoms. The van der Waals surface area contributed by atoms with E-state index >= 15 is 0 Å². The number of aromatic nitrogens is 1. The first-order valence-electron chi connectivity index (χ1n) is 13.5. The molecule has 0 saturated carbocycles. The molecule has 7 heteroatoms. The molecule has 0 radical (unpaired) electrons. The lowest BCUT2D eigenvalue weighted by atomic mass is 10.0. The fraction of sp³-hybridized carbons (Fsp3) is 0.452. The van der Waals surface area contributed by atoms with Gasteiger partial charge in [0.15, 0.2) is 8.32 Å². The van der Waals surface area contributed by atoms with Gasteiger partial charge in [0.25, 0.3) is 0 Å². The molecule has 3 aromatic rings. The van der Waals surface area contributed by atoms with Gasteiger partial charge in [-0.2, -0.15) is 0 Å². The number of benzene rings is 2. The van der Waals surface area contributed by atoms with Gasteiger partial charge in [0.2, 0.25) is 0 Å². The number of aromatic amines is 1. The summed E-state index contributed by atoms with van der Waals surface area (Å²) < 4.78 is 11.3. The monoisotopic (exact) mass is 552 g/mol. The van der Waals surface area contributed by atoms with Gasteiger partial charge in [-0.1, -0.05) is 56.6 Å². The van der Waals surface area contributed by atoms with Crippen molar-refractivity contribution < 1.29 is 14.0 Å². The minimum absolute atomic E-state index is 0.192. The number of H-pyrrole nitrogens is 1. The second-order valence-corrected chi connectivity index (χ2v) is 17.0. The number of nitrogens with zero attached hydrogens (tertiary/aromatic N) is 1. The summed E-state index contributed by atoms with van der Waals surface area (Å²) in [6, 6.07) is 13.0. The Balaban J connectivity index is 1.53. The minimum Gasteiger partial charge on any atom is -0.466 e. The molecule has 0 bridgehead atoms. The Hall–Kier alpha value is -2.38. The number of rotatable bonds is 10. The van der Waals surface area contributed by atoms with E-state index in [2.05, 4.69) is 74.2 Å². The van der Waals surface area contributed by atoms with E-state index in [1.165, 1.54) is 35.3 Å². The maximum absolute atomic E-state index is 11.5. The van der Waals surface area contributed by atoms with E-state index in [1.807, 2.05) is 18.2 Å². The Morgan fingerprint density at radius 3 is 2.71 bits per heavy atom. The molecule has 1 heterocycles. The van der Waals surface area contributed by atoms with Crippen LogP contribution >= 0.6 is 11.6 Å². The highest BCUT2D eigenvalue weighted by Crippen LogP contribution is 2.38. The summed E-state index contributed by atoms with van der Waals surface area (Å²) in [6.07, 6.45) is 8.50. The second kappa shape index (κ2) is 11.8. The lowest BCUT2D eigenvalue weighted by Gasteiger charge is -2.37. The fourth-order valence-electron chi connectivity index (χ4n) is 5.02. The molecule has 0 fully saturated rings. The predicted octanol–water partition coefficient (Wildman–Crippen LogP) is 7.56. The van der Waals surface area contributed by atoms with E-state index in [1.54, 1.807) is 0 Å². The Labute approximate surface area is 233 Å². The third-order valence-corrected chi connectivity index (χ3v) is 13.1. The normalized spacial score (nSPS) is 16.1. The molecule has 0 aliphatic heterocycles. The van der Waals surface area contributed by atoms with Crippen LogP contribution in [0.4, 0.5) is 0 Å². The van der Waals surface area contributed by atoms with Gasteiger partial charge in [-0.15, -0.1) is 0 Å². The van der Waals surface area contributed by atoms with Gasteiger partial charge in [0.1, 0.15) is 0 Å². The highest BCUT2D eigenvalue weighted by molar-refractivity contribution is 6.74. The number of hydrogen-bond donors (Lipinski definition) is 1. The summed E-state index contributed by atoms with van der Waals surface area (Å²) >= 11 is 6.20. The standard InChI is InChI=1S/C31H41ClN2O3Si/c1-31(2,3)38(5,6)37-18-17-34(16-15-24-21-33-28-20-25(32)10-12-26(24)28)29-13-9-23-19-22(7-11-27(23)29)8-14-30(35)36-4/h7-8,10-12,14,19-21,29,33H,9,13,15-18H2,1-6H3. The van der Waals surface area contributed by atoms with Gasteiger partial charge >= 0.3 is 5.97 Å². The van der Waals surface area contributed by atoms with Gasteiger partial charge < -0.3 is 14.1 Å². The van der Waals surface area contributed by atoms with Gasteiger partial charge in [-0.05, 0) is 77.9 Å². The molecule has 0 saturated heterocycles. The Morgan fingerprint density at radius 1 is 1.18 bits per heavy atom. The number of esters is 1. The lowest BCUT2D eigenvalue weighted by Crippen LogP contribution is -2.43. The zero-order valence-corrected chi connectivity index (χ0v) is 25.3. The van der Waals surface area contributed by atoms with Crippen molar-refractivity contribution in [2.24, 2.45) is 0 Å². The fourth-order valence-corrected chi connectivity index (χ4v) is 6.22. The first-order chi connectivity index (χ1) is 18.0. The third kappa shape index (κ3) is 6.60. The van der Waals surface area contributed by atoms with Crippen LogP contribution in [0.3, 0.4) is 0 Å². The smallest absolute Gasteiger partial charge is 0.330 e. The van der Waals surface area contributed by atoms with Crippen molar-refractivity contribution in [1.29, 1.82) is 0 Å². The minimum atomic E-state index is -1.82. The summed E-state index contributed by atoms with van der Waals surface area (Å²) in [5.74, 6) is -0.337. The number of carbonyl (C=O) groups is 1. The number of ether oxygens (including phenoxy) is 1. The maximum Gasteiger partial charge on any atom is 0.330 e. The van der Waals surface area contributed by atoms with Crippen LogP contribution in [0.25, 0.3) is 17.0 Å². The zero-order chi connectivity index (χ0) is 27.5. The summed E-state index contributed by atoms with van der Waals surface area (Å²) in [4.78, 5) is 17.5. The van der Waals surface area contributed by atoms with Crippen molar-refractivity contribution in [2.75, 3.05) is 26.8 Å². The summed E-state index contributed by atoms with van der Waals surface area (Å²) in [5, 5.41) is 2.18. The van der Waals surface area contributed by atoms with E-state index in [9.17, 15) is 4.79 Å². The van der Waals surface area contributed by atoms with E-state index in [0.29, 0.717) is 6.04 Å². The molecular weight excluding hydrogens is 512 g/mol. The van der Waals surface area contributed by atoms with Crippen LogP contribution < -0.4 is 0 Å². The number of fused-ring (bicyclic) bond motifs is 2. The van der Waals surface area contributed by atoms with Gasteiger partial charge in [-0.25, -0.2) is 4.79 Å². The Bertz CT molecular complexity index is 1310. The molecule has 1 aliphatic rings. The summed E-state index contributed by atoms with van der Waals surface area (Å²) in [7, 11) is -0.422. The van der Waals surface area contributed by atoms with Crippen LogP contribution in [0.15, 0.2) is 48.7 Å². The van der Waals surface area contributed by atoms with Crippen molar-refractivity contribution in [3.05, 3.63) is 75.9 Å². The lowest BCUT2D eigenvalue weighted by molar-refractivity contribution is -0.134. The van der Waals surface area contributed by atoms with Crippen molar-refractivity contribution in [3.8, 4) is 0 Å². The molecule has 1 N–H and O–H groups in total. The molecule has 1 atom stereocenters. The number of carbonyl (C=O) groups excluding carboxylic acids is 1. The van der Waals surface area contributed by atoms with Crippen LogP contribution in [0.2, 0.25) is 23.2 Å². The van der Waals surface area contributed by atoms with E-state index < -0.39 is 8.32 Å². The molecule has 4 rings (SSSR count). The highest BCUT2D eigenvalue weighted by Gasteiger charge is 2.37. The molecule has 5 nitrogen and oxygen atoms in total. The van der Waals surface area contributed by atoms with Crippen molar-refractivity contribution in [1.82, 2.24) is 9.88 Å². The Kier molecular flexibility index (Phi) is 8.88. The summed E-state index contributed by atoms with van der Waals surface area (Å²) in [5.41, 5.74) is 6.17. The maximum atomic E-state index is 11.5. The van der Waals surface area contributed by atoms with Crippen LogP contribution in [0.1, 0.15) is 55.5 Å². The van der Waals surface area contributed by atoms with E-state index in [4.69, 9.17) is 20.8 Å². The van der Waals surface area contributed by atoms with Gasteiger partial charge in [-0.3, -0.25) is 4.90 Å². The SMILES string of the molecule is COC(=O)C=Cc1ccc2c(c1)CCC2N(CCO[Si](C)(C)C(C)(C)C)CCc1c[nH]c2cc(Cl)ccc12. The zero-order valence-electron chi connectivity index (χ0n) is 23.6. The van der Waals surface area contributed by atoms with Crippen molar-refractivity contribution in [3.63, 3.8) is 0 Å². The molecule has 1 aliphatic carbocycles. The molecule has 0 amide bonds. The molecule has 1 unspecified atom stereocenters. The van der Waals surface area contributed by atoms with Crippen LogP contribution in [0.5, 0.6) is 0 Å². The van der Waals surface area contributed by atoms with Crippen molar-refractivity contribution >= 4 is 42.9 Å². The van der Waals surface area contributed by atoms with Gasteiger partial charge in [0, 0.05) is 53.9 Å². The number of methoxy groups -OCH3 is 1. The number of hydrogen-bond acceptors (Lipinski definition) is 4. The average molecular weight is 553 g/mol. The second-order valence-electron chi connectivity index (χ2n) is 11.8. The molecule has 204 valence electrons. The quantitative estimate of drug-likeness (QED) is 0.160. The van der Waals surface area contributed by atoms with Crippen LogP contribution in [-0.2, 0) is 26.8 Å². The van der Waals surface area contributed by atoms with Crippen molar-refractivity contribution in [2.45, 2.75) is 64.2 Å². The third-order valence-electron chi connectivity index (χ3n) is 8.31. The number of nitrogens with one attached hydrogen (secondary N) is 1. The summed E-state index contributed by atoms with van der Waals surface area (Å²) in [6.45, 7) is 14.1. The number of halogens is 1. The van der Waals surface area contributed by atoms with E-state index in [-0.39, 0.29) is 11.0 Å². The Morgan fingerprint density at radius 2 is 1.97 bits per heavy atom. The molecule has 1 aromatic heterocycles. The van der Waals surface area contributed by atoms with E-state index in [0.717, 1.165) is 55.1 Å². The topological polar surface area (TPSA) is 54.6 Å². The largest absolute Gasteiger partial charge is 0.466 e. The predicted molar refractivity (Wildman–Crippen MR) is 160 cm³/mol. The van der Waals surface area contributed by atoms with Crippen LogP contribution in [0, 0.1) is 0 Å². The highest BCUT2D eigenvalue weighted by atomic mass is 35.5. The average Bonchev–Trinajstić information content (AvgIpc) is 3.47. The number of aryl methyl sites for hydroxylation is 1.